The minimum absolute atomic E-state index is 0.202. The van der Waals surface area contributed by atoms with Crippen LogP contribution >= 0.6 is 15.9 Å². The van der Waals surface area contributed by atoms with Gasteiger partial charge in [-0.2, -0.15) is 0 Å². The summed E-state index contributed by atoms with van der Waals surface area (Å²) in [6.45, 7) is 2.11. The molecule has 2 aromatic carbocycles. The smallest absolute Gasteiger partial charge is 0.242 e. The van der Waals surface area contributed by atoms with Crippen LogP contribution in [0.2, 0.25) is 0 Å². The highest BCUT2D eigenvalue weighted by Gasteiger charge is 2.21. The summed E-state index contributed by atoms with van der Waals surface area (Å²) < 4.78 is 28.2. The van der Waals surface area contributed by atoms with Crippen molar-refractivity contribution < 1.29 is 8.42 Å². The van der Waals surface area contributed by atoms with Gasteiger partial charge in [-0.1, -0.05) is 36.4 Å². The number of hydrogen-bond acceptors (Lipinski definition) is 3. The Morgan fingerprint density at radius 1 is 1.19 bits per heavy atom. The predicted molar refractivity (Wildman–Crippen MR) is 87.2 cm³/mol. The van der Waals surface area contributed by atoms with E-state index in [4.69, 9.17) is 5.73 Å². The zero-order valence-corrected chi connectivity index (χ0v) is 14.0. The van der Waals surface area contributed by atoms with Crippen LogP contribution in [0.3, 0.4) is 0 Å². The van der Waals surface area contributed by atoms with E-state index in [-0.39, 0.29) is 10.9 Å². The van der Waals surface area contributed by atoms with Gasteiger partial charge in [0.05, 0.1) is 4.90 Å². The molecule has 2 rings (SSSR count). The Bertz CT molecular complexity index is 718. The van der Waals surface area contributed by atoms with Crippen LogP contribution in [0.1, 0.15) is 24.1 Å². The van der Waals surface area contributed by atoms with Crippen molar-refractivity contribution in [3.8, 4) is 0 Å². The number of hydrogen-bond donors (Lipinski definition) is 2. The molecule has 0 spiro atoms. The number of benzene rings is 2. The van der Waals surface area contributed by atoms with E-state index >= 15 is 0 Å². The van der Waals surface area contributed by atoms with Crippen molar-refractivity contribution in [2.24, 2.45) is 5.73 Å². The fourth-order valence-electron chi connectivity index (χ4n) is 1.99. The average molecular weight is 369 g/mol. The molecule has 1 atom stereocenters. The van der Waals surface area contributed by atoms with Gasteiger partial charge in [-0.25, -0.2) is 13.1 Å². The van der Waals surface area contributed by atoms with Crippen molar-refractivity contribution in [1.29, 1.82) is 0 Å². The fourth-order valence-corrected chi connectivity index (χ4v) is 4.23. The first-order chi connectivity index (χ1) is 9.94. The van der Waals surface area contributed by atoms with Crippen LogP contribution in [0.4, 0.5) is 0 Å². The molecule has 1 unspecified atom stereocenters. The molecule has 0 saturated heterocycles. The van der Waals surface area contributed by atoms with Crippen LogP contribution in [0.25, 0.3) is 0 Å². The molecule has 0 aromatic heterocycles. The minimum Gasteiger partial charge on any atom is -0.326 e. The normalized spacial score (nSPS) is 13.1. The lowest BCUT2D eigenvalue weighted by atomic mass is 10.1. The van der Waals surface area contributed by atoms with E-state index in [0.29, 0.717) is 11.0 Å². The Kier molecular flexibility index (Phi) is 5.16. The van der Waals surface area contributed by atoms with Crippen molar-refractivity contribution in [1.82, 2.24) is 4.72 Å². The molecule has 0 heterocycles. The maximum Gasteiger partial charge on any atom is 0.242 e. The van der Waals surface area contributed by atoms with Crippen molar-refractivity contribution in [3.63, 3.8) is 0 Å². The maximum absolute atomic E-state index is 12.5. The molecule has 0 fully saturated rings. The predicted octanol–water partition coefficient (Wildman–Crippen LogP) is 2.95. The maximum atomic E-state index is 12.5. The summed E-state index contributed by atoms with van der Waals surface area (Å²) in [5.74, 6) is 0. The van der Waals surface area contributed by atoms with Gasteiger partial charge in [0.2, 0.25) is 10.0 Å². The quantitative estimate of drug-likeness (QED) is 0.851. The van der Waals surface area contributed by atoms with Crippen LogP contribution < -0.4 is 10.5 Å². The van der Waals surface area contributed by atoms with E-state index in [9.17, 15) is 8.42 Å². The number of nitrogens with one attached hydrogen (secondary N) is 1. The first-order valence-corrected chi connectivity index (χ1v) is 8.77. The summed E-state index contributed by atoms with van der Waals surface area (Å²) in [6, 6.07) is 14.2. The molecular formula is C15H17BrN2O2S. The van der Waals surface area contributed by atoms with Gasteiger partial charge < -0.3 is 5.73 Å². The zero-order valence-electron chi connectivity index (χ0n) is 11.6. The van der Waals surface area contributed by atoms with E-state index in [1.54, 1.807) is 18.2 Å². The Hall–Kier alpha value is -1.21. The lowest BCUT2D eigenvalue weighted by molar-refractivity contribution is 0.566. The van der Waals surface area contributed by atoms with E-state index in [1.807, 2.05) is 37.3 Å². The van der Waals surface area contributed by atoms with Crippen molar-refractivity contribution in [2.45, 2.75) is 24.4 Å². The molecule has 0 bridgehead atoms. The van der Waals surface area contributed by atoms with E-state index in [2.05, 4.69) is 20.7 Å². The second-order valence-corrected chi connectivity index (χ2v) is 7.26. The standard InChI is InChI=1S/C15H17BrN2O2S/c1-11(13-5-3-2-4-6-13)18-21(19,20)15-9-12(10-17)7-8-14(15)16/h2-9,11,18H,10,17H2,1H3. The molecule has 6 heteroatoms. The van der Waals surface area contributed by atoms with E-state index in [0.717, 1.165) is 11.1 Å². The number of sulfonamides is 1. The van der Waals surface area contributed by atoms with Crippen molar-refractivity contribution in [2.75, 3.05) is 0 Å². The number of rotatable bonds is 5. The van der Waals surface area contributed by atoms with E-state index in [1.165, 1.54) is 0 Å². The minimum atomic E-state index is -3.62. The van der Waals surface area contributed by atoms with Gasteiger partial charge in [0, 0.05) is 17.1 Å². The van der Waals surface area contributed by atoms with Gasteiger partial charge in [0.1, 0.15) is 0 Å². The summed E-state index contributed by atoms with van der Waals surface area (Å²) in [7, 11) is -3.62. The summed E-state index contributed by atoms with van der Waals surface area (Å²) in [4.78, 5) is 0.202. The topological polar surface area (TPSA) is 72.2 Å². The average Bonchev–Trinajstić information content (AvgIpc) is 2.48. The first-order valence-electron chi connectivity index (χ1n) is 6.50. The molecule has 0 amide bonds. The molecule has 0 radical (unpaired) electrons. The Morgan fingerprint density at radius 2 is 1.86 bits per heavy atom. The van der Waals surface area contributed by atoms with Gasteiger partial charge in [0.15, 0.2) is 0 Å². The lowest BCUT2D eigenvalue weighted by Gasteiger charge is -2.16. The second kappa shape index (κ2) is 6.70. The van der Waals surface area contributed by atoms with Crippen LogP contribution in [0.5, 0.6) is 0 Å². The van der Waals surface area contributed by atoms with Crippen molar-refractivity contribution in [3.05, 3.63) is 64.1 Å². The summed E-state index contributed by atoms with van der Waals surface area (Å²) in [5, 5.41) is 0. The fraction of sp³-hybridized carbons (Fsp3) is 0.200. The molecule has 3 N–H and O–H groups in total. The van der Waals surface area contributed by atoms with Crippen LogP contribution in [0.15, 0.2) is 57.9 Å². The monoisotopic (exact) mass is 368 g/mol. The highest BCUT2D eigenvalue weighted by Crippen LogP contribution is 2.25. The highest BCUT2D eigenvalue weighted by atomic mass is 79.9. The Balaban J connectivity index is 2.30. The van der Waals surface area contributed by atoms with Gasteiger partial charge in [0.25, 0.3) is 0 Å². The molecule has 0 aliphatic rings. The van der Waals surface area contributed by atoms with Gasteiger partial charge in [-0.15, -0.1) is 0 Å². The SMILES string of the molecule is CC(NS(=O)(=O)c1cc(CN)ccc1Br)c1ccccc1. The third-order valence-corrected chi connectivity index (χ3v) is 5.69. The largest absolute Gasteiger partial charge is 0.326 e. The molecule has 112 valence electrons. The van der Waals surface area contributed by atoms with Gasteiger partial charge in [-0.3, -0.25) is 0 Å². The van der Waals surface area contributed by atoms with Crippen LogP contribution in [-0.2, 0) is 16.6 Å². The Morgan fingerprint density at radius 3 is 2.48 bits per heavy atom. The first kappa shape index (κ1) is 16.2. The molecule has 2 aromatic rings. The molecule has 0 saturated carbocycles. The second-order valence-electron chi connectivity index (χ2n) is 4.72. The lowest BCUT2D eigenvalue weighted by Crippen LogP contribution is -2.27. The summed E-state index contributed by atoms with van der Waals surface area (Å²) in [5.41, 5.74) is 7.25. The van der Waals surface area contributed by atoms with Crippen LogP contribution in [0, 0.1) is 0 Å². The zero-order chi connectivity index (χ0) is 15.5. The molecule has 0 aliphatic carbocycles. The molecule has 0 aliphatic heterocycles. The van der Waals surface area contributed by atoms with E-state index < -0.39 is 10.0 Å². The van der Waals surface area contributed by atoms with Crippen molar-refractivity contribution >= 4 is 26.0 Å². The third-order valence-electron chi connectivity index (χ3n) is 3.15. The molecule has 21 heavy (non-hydrogen) atoms. The Labute approximate surface area is 133 Å². The number of halogens is 1. The molecular weight excluding hydrogens is 352 g/mol. The van der Waals surface area contributed by atoms with Crippen LogP contribution in [-0.4, -0.2) is 8.42 Å². The summed E-state index contributed by atoms with van der Waals surface area (Å²) >= 11 is 3.28. The summed E-state index contributed by atoms with van der Waals surface area (Å²) in [6.07, 6.45) is 0. The highest BCUT2D eigenvalue weighted by molar-refractivity contribution is 9.10. The van der Waals surface area contributed by atoms with Gasteiger partial charge >= 0.3 is 0 Å². The number of nitrogens with two attached hydrogens (primary N) is 1. The molecule has 4 nitrogen and oxygen atoms in total. The third kappa shape index (κ3) is 3.91. The van der Waals surface area contributed by atoms with Gasteiger partial charge in [-0.05, 0) is 46.1 Å².